The first-order valence-corrected chi connectivity index (χ1v) is 5.35. The maximum Gasteiger partial charge on any atom is 0.175 e. The average molecular weight is 217 g/mol. The molecule has 2 rings (SSSR count). The quantitative estimate of drug-likeness (QED) is 0.824. The molecule has 0 bridgehead atoms. The summed E-state index contributed by atoms with van der Waals surface area (Å²) in [5.41, 5.74) is 7.55. The second-order valence-corrected chi connectivity index (χ2v) is 3.73. The Morgan fingerprint density at radius 1 is 1.38 bits per heavy atom. The Morgan fingerprint density at radius 2 is 2.25 bits per heavy atom. The number of hydrogen-bond acceptors (Lipinski definition) is 4. The highest BCUT2D eigenvalue weighted by atomic mass is 15.6. The average Bonchev–Trinajstić information content (AvgIpc) is 2.75. The number of aromatic nitrogens is 4. The Morgan fingerprint density at radius 3 is 3.00 bits per heavy atom. The Kier molecular flexibility index (Phi) is 3.26. The second-order valence-electron chi connectivity index (χ2n) is 3.73. The van der Waals surface area contributed by atoms with Crippen molar-refractivity contribution >= 4 is 0 Å². The van der Waals surface area contributed by atoms with Gasteiger partial charge in [-0.1, -0.05) is 12.1 Å². The topological polar surface area (TPSA) is 69.6 Å². The summed E-state index contributed by atoms with van der Waals surface area (Å²) in [7, 11) is 0. The summed E-state index contributed by atoms with van der Waals surface area (Å²) in [4.78, 5) is 1.55. The fraction of sp³-hybridized carbons (Fsp3) is 0.364. The monoisotopic (exact) mass is 217 g/mol. The normalized spacial score (nSPS) is 10.6. The molecule has 0 saturated heterocycles. The molecule has 0 aliphatic rings. The molecule has 0 spiro atoms. The van der Waals surface area contributed by atoms with E-state index in [1.165, 1.54) is 5.56 Å². The molecule has 0 unspecified atom stereocenters. The van der Waals surface area contributed by atoms with Gasteiger partial charge < -0.3 is 5.73 Å². The molecule has 0 aliphatic carbocycles. The Labute approximate surface area is 94.3 Å². The number of rotatable bonds is 4. The highest BCUT2D eigenvalue weighted by molar-refractivity contribution is 5.32. The summed E-state index contributed by atoms with van der Waals surface area (Å²) in [6.45, 7) is 2.69. The first-order chi connectivity index (χ1) is 7.79. The number of hydrogen-bond donors (Lipinski definition) is 1. The molecule has 16 heavy (non-hydrogen) atoms. The third kappa shape index (κ3) is 2.43. The van der Waals surface area contributed by atoms with Crippen LogP contribution in [0.4, 0.5) is 0 Å². The molecule has 1 aromatic carbocycles. The lowest BCUT2D eigenvalue weighted by molar-refractivity contribution is 0.714. The van der Waals surface area contributed by atoms with E-state index < -0.39 is 0 Å². The minimum absolute atomic E-state index is 0.652. The summed E-state index contributed by atoms with van der Waals surface area (Å²) >= 11 is 0. The summed E-state index contributed by atoms with van der Waals surface area (Å²) in [5.74, 6) is 0.743. The van der Waals surface area contributed by atoms with Gasteiger partial charge >= 0.3 is 0 Å². The number of tetrazole rings is 1. The van der Waals surface area contributed by atoms with Crippen molar-refractivity contribution in [3.8, 4) is 5.69 Å². The van der Waals surface area contributed by atoms with Crippen molar-refractivity contribution in [3.63, 3.8) is 0 Å². The smallest absolute Gasteiger partial charge is 0.175 e. The molecule has 5 heteroatoms. The van der Waals surface area contributed by atoms with Gasteiger partial charge in [0.15, 0.2) is 5.82 Å². The maximum atomic E-state index is 5.43. The van der Waals surface area contributed by atoms with Crippen LogP contribution in [0.2, 0.25) is 0 Å². The van der Waals surface area contributed by atoms with Gasteiger partial charge in [-0.3, -0.25) is 0 Å². The molecule has 1 aromatic heterocycles. The lowest BCUT2D eigenvalue weighted by Gasteiger charge is -1.98. The molecule has 2 aromatic rings. The van der Waals surface area contributed by atoms with Crippen LogP contribution < -0.4 is 5.73 Å². The van der Waals surface area contributed by atoms with Gasteiger partial charge in [-0.15, -0.1) is 15.0 Å². The minimum Gasteiger partial charge on any atom is -0.330 e. The molecule has 84 valence electrons. The standard InChI is InChI=1S/C11H15N5/c1-9-4-2-5-10(8-9)16-14-11(13-15-16)6-3-7-12/h2,4-5,8H,3,6-7,12H2,1H3. The van der Waals surface area contributed by atoms with Crippen LogP contribution in [-0.2, 0) is 6.42 Å². The summed E-state index contributed by atoms with van der Waals surface area (Å²) in [5, 5.41) is 12.3. The Hall–Kier alpha value is -1.75. The summed E-state index contributed by atoms with van der Waals surface area (Å²) < 4.78 is 0. The van der Waals surface area contributed by atoms with E-state index >= 15 is 0 Å². The van der Waals surface area contributed by atoms with Gasteiger partial charge in [0.25, 0.3) is 0 Å². The van der Waals surface area contributed by atoms with Crippen LogP contribution in [0.15, 0.2) is 24.3 Å². The van der Waals surface area contributed by atoms with Crippen molar-refractivity contribution < 1.29 is 0 Å². The van der Waals surface area contributed by atoms with Crippen molar-refractivity contribution in [1.29, 1.82) is 0 Å². The molecular formula is C11H15N5. The second kappa shape index (κ2) is 4.85. The fourth-order valence-electron chi connectivity index (χ4n) is 1.47. The molecule has 0 radical (unpaired) electrons. The maximum absolute atomic E-state index is 5.43. The van der Waals surface area contributed by atoms with Crippen LogP contribution in [0.1, 0.15) is 17.8 Å². The number of nitrogens with two attached hydrogens (primary N) is 1. The lowest BCUT2D eigenvalue weighted by Crippen LogP contribution is -2.02. The van der Waals surface area contributed by atoms with Gasteiger partial charge in [0, 0.05) is 6.42 Å². The van der Waals surface area contributed by atoms with Crippen LogP contribution >= 0.6 is 0 Å². The highest BCUT2D eigenvalue weighted by Gasteiger charge is 2.03. The van der Waals surface area contributed by atoms with E-state index in [0.29, 0.717) is 6.54 Å². The SMILES string of the molecule is Cc1cccc(-n2nnc(CCCN)n2)c1. The Bertz CT molecular complexity index is 463. The van der Waals surface area contributed by atoms with Crippen molar-refractivity contribution in [3.05, 3.63) is 35.7 Å². The number of nitrogens with zero attached hydrogens (tertiary/aromatic N) is 4. The van der Waals surface area contributed by atoms with E-state index in [9.17, 15) is 0 Å². The van der Waals surface area contributed by atoms with Gasteiger partial charge in [0.2, 0.25) is 0 Å². The van der Waals surface area contributed by atoms with Gasteiger partial charge in [0.1, 0.15) is 0 Å². The molecule has 2 N–H and O–H groups in total. The van der Waals surface area contributed by atoms with E-state index in [2.05, 4.69) is 15.4 Å². The van der Waals surface area contributed by atoms with Crippen molar-refractivity contribution in [2.75, 3.05) is 6.54 Å². The first-order valence-electron chi connectivity index (χ1n) is 5.35. The van der Waals surface area contributed by atoms with Gasteiger partial charge in [-0.05, 0) is 42.8 Å². The van der Waals surface area contributed by atoms with Crippen LogP contribution in [0, 0.1) is 6.92 Å². The predicted molar refractivity (Wildman–Crippen MR) is 61.3 cm³/mol. The van der Waals surface area contributed by atoms with Gasteiger partial charge in [0.05, 0.1) is 5.69 Å². The molecule has 5 nitrogen and oxygen atoms in total. The zero-order chi connectivity index (χ0) is 11.4. The van der Waals surface area contributed by atoms with Crippen LogP contribution in [0.3, 0.4) is 0 Å². The molecule has 0 amide bonds. The van der Waals surface area contributed by atoms with E-state index in [0.717, 1.165) is 24.4 Å². The molecule has 0 saturated carbocycles. The molecule has 0 fully saturated rings. The Balaban J connectivity index is 2.18. The lowest BCUT2D eigenvalue weighted by atomic mass is 10.2. The zero-order valence-electron chi connectivity index (χ0n) is 9.30. The van der Waals surface area contributed by atoms with E-state index in [-0.39, 0.29) is 0 Å². The first kappa shape index (κ1) is 10.8. The van der Waals surface area contributed by atoms with Crippen molar-refractivity contribution in [1.82, 2.24) is 20.2 Å². The van der Waals surface area contributed by atoms with Gasteiger partial charge in [-0.25, -0.2) is 0 Å². The number of benzene rings is 1. The summed E-state index contributed by atoms with van der Waals surface area (Å²) in [6.07, 6.45) is 1.67. The van der Waals surface area contributed by atoms with E-state index in [1.807, 2.05) is 31.2 Å². The predicted octanol–water partition coefficient (Wildman–Crippen LogP) is 0.862. The molecule has 1 heterocycles. The number of aryl methyl sites for hydroxylation is 2. The minimum atomic E-state index is 0.652. The van der Waals surface area contributed by atoms with Gasteiger partial charge in [-0.2, -0.15) is 0 Å². The molecule has 0 aliphatic heterocycles. The van der Waals surface area contributed by atoms with E-state index in [4.69, 9.17) is 5.73 Å². The fourth-order valence-corrected chi connectivity index (χ4v) is 1.47. The van der Waals surface area contributed by atoms with Crippen LogP contribution in [0.25, 0.3) is 5.69 Å². The van der Waals surface area contributed by atoms with Crippen LogP contribution in [-0.4, -0.2) is 26.8 Å². The van der Waals surface area contributed by atoms with Crippen molar-refractivity contribution in [2.45, 2.75) is 19.8 Å². The van der Waals surface area contributed by atoms with E-state index in [1.54, 1.807) is 4.80 Å². The molecular weight excluding hydrogens is 202 g/mol. The van der Waals surface area contributed by atoms with Crippen molar-refractivity contribution in [2.24, 2.45) is 5.73 Å². The molecule has 0 atom stereocenters. The zero-order valence-corrected chi connectivity index (χ0v) is 9.30. The largest absolute Gasteiger partial charge is 0.330 e. The van der Waals surface area contributed by atoms with Crippen LogP contribution in [0.5, 0.6) is 0 Å². The highest BCUT2D eigenvalue weighted by Crippen LogP contribution is 2.07. The summed E-state index contributed by atoms with van der Waals surface area (Å²) in [6, 6.07) is 8.00. The third-order valence-electron chi connectivity index (χ3n) is 2.29. The third-order valence-corrected chi connectivity index (χ3v) is 2.29.